The SMILES string of the molecule is CC/C=C\C/C=C\C/C=C\C/C=C\CCCCCCCCC(=O)OC(COC(=O)CCCCCCCCCCCCCCCCCC)COP(=O)(O)OCC. The van der Waals surface area contributed by atoms with E-state index in [1.807, 2.05) is 0 Å². The van der Waals surface area contributed by atoms with Gasteiger partial charge in [-0.3, -0.25) is 18.6 Å². The van der Waals surface area contributed by atoms with Crippen LogP contribution in [-0.4, -0.2) is 42.8 Å². The third-order valence-corrected chi connectivity index (χ3v) is 10.5. The van der Waals surface area contributed by atoms with Gasteiger partial charge in [0.2, 0.25) is 0 Å². The van der Waals surface area contributed by atoms with Crippen LogP contribution in [0.3, 0.4) is 0 Å². The lowest BCUT2D eigenvalue weighted by molar-refractivity contribution is -0.161. The Balaban J connectivity index is 4.08. The first-order valence-corrected chi connectivity index (χ1v) is 23.9. The molecule has 0 aliphatic rings. The lowest BCUT2D eigenvalue weighted by Gasteiger charge is -2.19. The summed E-state index contributed by atoms with van der Waals surface area (Å²) in [7, 11) is -4.28. The molecule has 0 radical (unpaired) electrons. The molecule has 0 saturated heterocycles. The Morgan fingerprint density at radius 3 is 1.40 bits per heavy atom. The fourth-order valence-corrected chi connectivity index (χ4v) is 6.91. The highest BCUT2D eigenvalue weighted by molar-refractivity contribution is 7.47. The Kier molecular flexibility index (Phi) is 40.1. The minimum atomic E-state index is -4.28. The zero-order chi connectivity index (χ0) is 40.3. The molecule has 0 aliphatic heterocycles. The molecule has 320 valence electrons. The standard InChI is InChI=1S/C46H83O8P/c1-4-7-9-11-13-15-17-19-21-23-24-25-27-29-31-33-35-37-39-41-46(48)54-44(43-53-55(49,50)52-6-3)42-51-45(47)40-38-36-34-32-30-28-26-22-20-18-16-14-12-10-8-5-2/h7,9,13,15,19,21,24-25,44H,4-6,8,10-12,14,16-18,20,22-23,26-43H2,1-3H3,(H,49,50)/b9-7-,15-13-,21-19-,25-24-. The van der Waals surface area contributed by atoms with Crippen molar-refractivity contribution < 1.29 is 37.6 Å². The van der Waals surface area contributed by atoms with Crippen LogP contribution in [0.2, 0.25) is 0 Å². The number of allylic oxidation sites excluding steroid dienone is 8. The van der Waals surface area contributed by atoms with E-state index in [0.717, 1.165) is 83.5 Å². The van der Waals surface area contributed by atoms with Gasteiger partial charge in [0.15, 0.2) is 6.10 Å². The number of unbranched alkanes of at least 4 members (excludes halogenated alkanes) is 21. The third kappa shape index (κ3) is 41.5. The summed E-state index contributed by atoms with van der Waals surface area (Å²) >= 11 is 0. The predicted octanol–water partition coefficient (Wildman–Crippen LogP) is 14.2. The normalized spacial score (nSPS) is 13.7. The molecular formula is C46H83O8P. The zero-order valence-electron chi connectivity index (χ0n) is 35.6. The maximum atomic E-state index is 12.6. The quantitative estimate of drug-likeness (QED) is 0.0282. The Labute approximate surface area is 338 Å². The number of hydrogen-bond donors (Lipinski definition) is 1. The van der Waals surface area contributed by atoms with E-state index in [-0.39, 0.29) is 25.6 Å². The monoisotopic (exact) mass is 795 g/mol. The Bertz CT molecular complexity index is 1040. The Morgan fingerprint density at radius 1 is 0.509 bits per heavy atom. The average molecular weight is 795 g/mol. The molecule has 8 nitrogen and oxygen atoms in total. The summed E-state index contributed by atoms with van der Waals surface area (Å²) < 4.78 is 32.7. The molecule has 0 aromatic rings. The van der Waals surface area contributed by atoms with Crippen LogP contribution in [0.15, 0.2) is 48.6 Å². The minimum Gasteiger partial charge on any atom is -0.462 e. The topological polar surface area (TPSA) is 108 Å². The zero-order valence-corrected chi connectivity index (χ0v) is 36.5. The van der Waals surface area contributed by atoms with Crippen LogP contribution >= 0.6 is 7.82 Å². The van der Waals surface area contributed by atoms with Gasteiger partial charge < -0.3 is 14.4 Å². The van der Waals surface area contributed by atoms with Crippen molar-refractivity contribution in [3.05, 3.63) is 48.6 Å². The molecule has 2 atom stereocenters. The molecule has 2 unspecified atom stereocenters. The molecular weight excluding hydrogens is 711 g/mol. The second kappa shape index (κ2) is 41.6. The van der Waals surface area contributed by atoms with Gasteiger partial charge in [-0.1, -0.05) is 184 Å². The van der Waals surface area contributed by atoms with Crippen LogP contribution in [0, 0.1) is 0 Å². The van der Waals surface area contributed by atoms with Crippen LogP contribution in [0.1, 0.15) is 207 Å². The number of phosphoric acid groups is 1. The molecule has 9 heteroatoms. The van der Waals surface area contributed by atoms with Crippen molar-refractivity contribution in [3.63, 3.8) is 0 Å². The van der Waals surface area contributed by atoms with Gasteiger partial charge in [0.05, 0.1) is 13.2 Å². The molecule has 55 heavy (non-hydrogen) atoms. The van der Waals surface area contributed by atoms with Crippen LogP contribution in [0.4, 0.5) is 0 Å². The van der Waals surface area contributed by atoms with Crippen LogP contribution in [-0.2, 0) is 32.7 Å². The van der Waals surface area contributed by atoms with Gasteiger partial charge in [-0.15, -0.1) is 0 Å². The third-order valence-electron chi connectivity index (χ3n) is 9.40. The number of carbonyl (C=O) groups is 2. The van der Waals surface area contributed by atoms with Crippen molar-refractivity contribution >= 4 is 19.8 Å². The first-order chi connectivity index (χ1) is 26.8. The number of ether oxygens (including phenoxy) is 2. The summed E-state index contributed by atoms with van der Waals surface area (Å²) in [6.07, 6.45) is 48.7. The van der Waals surface area contributed by atoms with E-state index in [2.05, 4.69) is 62.5 Å². The Morgan fingerprint density at radius 2 is 0.927 bits per heavy atom. The fraction of sp³-hybridized carbons (Fsp3) is 0.783. The average Bonchev–Trinajstić information content (AvgIpc) is 3.16. The van der Waals surface area contributed by atoms with Gasteiger partial charge in [0.1, 0.15) is 6.61 Å². The fourth-order valence-electron chi connectivity index (χ4n) is 6.15. The predicted molar refractivity (Wildman–Crippen MR) is 230 cm³/mol. The van der Waals surface area contributed by atoms with E-state index in [1.165, 1.54) is 83.5 Å². The van der Waals surface area contributed by atoms with Crippen LogP contribution in [0.25, 0.3) is 0 Å². The molecule has 0 aliphatic carbocycles. The highest BCUT2D eigenvalue weighted by Gasteiger charge is 2.25. The molecule has 0 bridgehead atoms. The number of rotatable bonds is 41. The van der Waals surface area contributed by atoms with E-state index in [0.29, 0.717) is 12.8 Å². The van der Waals surface area contributed by atoms with Crippen molar-refractivity contribution in [3.8, 4) is 0 Å². The second-order valence-electron chi connectivity index (χ2n) is 14.7. The maximum absolute atomic E-state index is 12.6. The molecule has 0 aromatic heterocycles. The van der Waals surface area contributed by atoms with Gasteiger partial charge in [-0.25, -0.2) is 4.57 Å². The van der Waals surface area contributed by atoms with Crippen LogP contribution in [0.5, 0.6) is 0 Å². The summed E-state index contributed by atoms with van der Waals surface area (Å²) in [6.45, 7) is 5.36. The first kappa shape index (κ1) is 53.0. The summed E-state index contributed by atoms with van der Waals surface area (Å²) in [5.41, 5.74) is 0. The number of phosphoric ester groups is 1. The highest BCUT2D eigenvalue weighted by atomic mass is 31.2. The molecule has 0 fully saturated rings. The largest absolute Gasteiger partial charge is 0.472 e. The van der Waals surface area contributed by atoms with Crippen molar-refractivity contribution in [2.24, 2.45) is 0 Å². The Hall–Kier alpha value is -1.99. The smallest absolute Gasteiger partial charge is 0.462 e. The second-order valence-corrected chi connectivity index (χ2v) is 16.1. The number of esters is 2. The van der Waals surface area contributed by atoms with Crippen molar-refractivity contribution in [1.82, 2.24) is 0 Å². The van der Waals surface area contributed by atoms with Crippen molar-refractivity contribution in [2.75, 3.05) is 19.8 Å². The lowest BCUT2D eigenvalue weighted by atomic mass is 10.0. The van der Waals surface area contributed by atoms with Crippen molar-refractivity contribution in [2.45, 2.75) is 213 Å². The number of carbonyl (C=O) groups excluding carboxylic acids is 2. The molecule has 0 aromatic carbocycles. The van der Waals surface area contributed by atoms with Gasteiger partial charge >= 0.3 is 19.8 Å². The molecule has 0 rings (SSSR count). The minimum absolute atomic E-state index is 0.00302. The van der Waals surface area contributed by atoms with E-state index in [9.17, 15) is 19.0 Å². The van der Waals surface area contributed by atoms with Crippen molar-refractivity contribution in [1.29, 1.82) is 0 Å². The highest BCUT2D eigenvalue weighted by Crippen LogP contribution is 2.43. The summed E-state index contributed by atoms with van der Waals surface area (Å²) in [4.78, 5) is 34.8. The summed E-state index contributed by atoms with van der Waals surface area (Å²) in [5, 5.41) is 0. The molecule has 0 amide bonds. The van der Waals surface area contributed by atoms with E-state index in [4.69, 9.17) is 18.5 Å². The molecule has 0 saturated carbocycles. The van der Waals surface area contributed by atoms with E-state index >= 15 is 0 Å². The lowest BCUT2D eigenvalue weighted by Crippen LogP contribution is -2.29. The maximum Gasteiger partial charge on any atom is 0.472 e. The van der Waals surface area contributed by atoms with Gasteiger partial charge in [0.25, 0.3) is 0 Å². The first-order valence-electron chi connectivity index (χ1n) is 22.4. The van der Waals surface area contributed by atoms with Gasteiger partial charge in [-0.2, -0.15) is 0 Å². The van der Waals surface area contributed by atoms with Gasteiger partial charge in [0, 0.05) is 12.8 Å². The molecule has 0 spiro atoms. The summed E-state index contributed by atoms with van der Waals surface area (Å²) in [5.74, 6) is -0.809. The van der Waals surface area contributed by atoms with E-state index < -0.39 is 26.5 Å². The summed E-state index contributed by atoms with van der Waals surface area (Å²) in [6, 6.07) is 0. The molecule has 0 heterocycles. The van der Waals surface area contributed by atoms with E-state index in [1.54, 1.807) is 6.92 Å². The van der Waals surface area contributed by atoms with Gasteiger partial charge in [-0.05, 0) is 58.3 Å². The number of hydrogen-bond acceptors (Lipinski definition) is 7. The molecule has 1 N–H and O–H groups in total. The van der Waals surface area contributed by atoms with Crippen LogP contribution < -0.4 is 0 Å².